The van der Waals surface area contributed by atoms with Crippen LogP contribution in [-0.2, 0) is 16.0 Å². The molecule has 104 valence electrons. The molecule has 1 N–H and O–H groups in total. The van der Waals surface area contributed by atoms with Crippen molar-refractivity contribution in [3.8, 4) is 0 Å². The Kier molecular flexibility index (Phi) is 4.52. The molecule has 0 bridgehead atoms. The van der Waals surface area contributed by atoms with Crippen molar-refractivity contribution in [2.75, 3.05) is 19.4 Å². The van der Waals surface area contributed by atoms with Crippen LogP contribution in [0.2, 0.25) is 0 Å². The van der Waals surface area contributed by atoms with E-state index >= 15 is 0 Å². The van der Waals surface area contributed by atoms with Gasteiger partial charge in [-0.2, -0.15) is 13.2 Å². The first-order chi connectivity index (χ1) is 8.70. The number of carbonyl (C=O) groups excluding carboxylic acids is 2. The molecule has 0 unspecified atom stereocenters. The zero-order valence-electron chi connectivity index (χ0n) is 10.4. The first kappa shape index (κ1) is 15.0. The van der Waals surface area contributed by atoms with Crippen molar-refractivity contribution in [2.24, 2.45) is 0 Å². The Morgan fingerprint density at radius 3 is 2.11 bits per heavy atom. The zero-order valence-corrected chi connectivity index (χ0v) is 10.4. The number of nitrogens with one attached hydrogen (secondary N) is 1. The number of nitrogens with zero attached hydrogens (tertiary/aromatic N) is 1. The van der Waals surface area contributed by atoms with Crippen molar-refractivity contribution in [3.05, 3.63) is 29.8 Å². The summed E-state index contributed by atoms with van der Waals surface area (Å²) >= 11 is 0. The molecule has 0 aliphatic heterocycles. The maximum absolute atomic E-state index is 12.0. The molecule has 1 rings (SSSR count). The van der Waals surface area contributed by atoms with Crippen molar-refractivity contribution in [2.45, 2.75) is 12.6 Å². The predicted octanol–water partition coefficient (Wildman–Crippen LogP) is 1.82. The van der Waals surface area contributed by atoms with E-state index in [1.807, 2.05) is 0 Å². The van der Waals surface area contributed by atoms with Crippen molar-refractivity contribution >= 4 is 17.5 Å². The average Bonchev–Trinajstić information content (AvgIpc) is 2.30. The highest BCUT2D eigenvalue weighted by Crippen LogP contribution is 2.18. The smallest absolute Gasteiger partial charge is 0.349 e. The number of rotatable bonds is 3. The van der Waals surface area contributed by atoms with E-state index in [9.17, 15) is 22.8 Å². The van der Waals surface area contributed by atoms with E-state index in [0.717, 1.165) is 0 Å². The van der Waals surface area contributed by atoms with Crippen LogP contribution in [-0.4, -0.2) is 37.0 Å². The lowest BCUT2D eigenvalue weighted by Gasteiger charge is -2.11. The van der Waals surface area contributed by atoms with Crippen LogP contribution in [0, 0.1) is 0 Å². The van der Waals surface area contributed by atoms with Crippen LogP contribution >= 0.6 is 0 Å². The lowest BCUT2D eigenvalue weighted by molar-refractivity contribution is -0.167. The normalized spacial score (nSPS) is 11.0. The Bertz CT molecular complexity index is 467. The molecule has 1 aromatic carbocycles. The number of likely N-dealkylation sites (N-methyl/N-ethyl adjacent to an activating group) is 1. The van der Waals surface area contributed by atoms with Gasteiger partial charge in [-0.15, -0.1) is 0 Å². The summed E-state index contributed by atoms with van der Waals surface area (Å²) < 4.78 is 36.0. The van der Waals surface area contributed by atoms with E-state index in [2.05, 4.69) is 0 Å². The quantitative estimate of drug-likeness (QED) is 0.914. The van der Waals surface area contributed by atoms with Gasteiger partial charge >= 0.3 is 12.1 Å². The monoisotopic (exact) mass is 274 g/mol. The van der Waals surface area contributed by atoms with Gasteiger partial charge in [0.05, 0.1) is 6.42 Å². The van der Waals surface area contributed by atoms with Crippen LogP contribution in [0.15, 0.2) is 24.3 Å². The number of hydrogen-bond donors (Lipinski definition) is 1. The Hall–Kier alpha value is -2.05. The van der Waals surface area contributed by atoms with Gasteiger partial charge < -0.3 is 10.2 Å². The maximum Gasteiger partial charge on any atom is 0.471 e. The van der Waals surface area contributed by atoms with Gasteiger partial charge in [-0.25, -0.2) is 0 Å². The molecule has 0 atom stereocenters. The Balaban J connectivity index is 2.67. The molecule has 0 saturated heterocycles. The second-order valence-corrected chi connectivity index (χ2v) is 4.11. The van der Waals surface area contributed by atoms with Crippen LogP contribution in [0.25, 0.3) is 0 Å². The number of halogens is 3. The Morgan fingerprint density at radius 2 is 1.68 bits per heavy atom. The van der Waals surface area contributed by atoms with E-state index in [0.29, 0.717) is 5.56 Å². The third-order valence-electron chi connectivity index (χ3n) is 2.32. The second kappa shape index (κ2) is 5.73. The largest absolute Gasteiger partial charge is 0.471 e. The molecule has 0 radical (unpaired) electrons. The van der Waals surface area contributed by atoms with Crippen LogP contribution in [0.1, 0.15) is 5.56 Å². The highest BCUT2D eigenvalue weighted by atomic mass is 19.4. The first-order valence-electron chi connectivity index (χ1n) is 5.37. The van der Waals surface area contributed by atoms with E-state index in [1.54, 1.807) is 19.4 Å². The molecule has 2 amide bonds. The van der Waals surface area contributed by atoms with Gasteiger partial charge in [-0.1, -0.05) is 12.1 Å². The molecule has 0 aliphatic carbocycles. The highest BCUT2D eigenvalue weighted by molar-refractivity contribution is 5.94. The van der Waals surface area contributed by atoms with Gasteiger partial charge in [-0.3, -0.25) is 9.59 Å². The number of carbonyl (C=O) groups is 2. The standard InChI is InChI=1S/C12H13F3N2O2/c1-17(2)10(18)7-8-3-5-9(6-4-8)16-11(19)12(13,14)15/h3-6H,7H2,1-2H3,(H,16,19). The number of anilines is 1. The number of alkyl halides is 3. The molecule has 0 fully saturated rings. The third-order valence-corrected chi connectivity index (χ3v) is 2.32. The van der Waals surface area contributed by atoms with E-state index in [1.165, 1.54) is 29.2 Å². The fraction of sp³-hybridized carbons (Fsp3) is 0.333. The Labute approximate surface area is 108 Å². The second-order valence-electron chi connectivity index (χ2n) is 4.11. The summed E-state index contributed by atoms with van der Waals surface area (Å²) in [5.41, 5.74) is 0.687. The summed E-state index contributed by atoms with van der Waals surface area (Å²) in [6.07, 6.45) is -4.76. The Morgan fingerprint density at radius 1 is 1.16 bits per heavy atom. The fourth-order valence-corrected chi connectivity index (χ4v) is 1.24. The van der Waals surface area contributed by atoms with Crippen molar-refractivity contribution in [1.82, 2.24) is 4.90 Å². The number of amides is 2. The molecule has 1 aromatic rings. The first-order valence-corrected chi connectivity index (χ1v) is 5.37. The van der Waals surface area contributed by atoms with Gasteiger partial charge in [0.25, 0.3) is 0 Å². The number of hydrogen-bond acceptors (Lipinski definition) is 2. The van der Waals surface area contributed by atoms with Crippen molar-refractivity contribution < 1.29 is 22.8 Å². The highest BCUT2D eigenvalue weighted by Gasteiger charge is 2.38. The van der Waals surface area contributed by atoms with Crippen molar-refractivity contribution in [1.29, 1.82) is 0 Å². The minimum Gasteiger partial charge on any atom is -0.349 e. The van der Waals surface area contributed by atoms with Crippen LogP contribution in [0.3, 0.4) is 0 Å². The summed E-state index contributed by atoms with van der Waals surface area (Å²) in [7, 11) is 3.22. The molecule has 4 nitrogen and oxygen atoms in total. The topological polar surface area (TPSA) is 49.4 Å². The molecular formula is C12H13F3N2O2. The van der Waals surface area contributed by atoms with Gasteiger partial charge in [0, 0.05) is 19.8 Å². The number of benzene rings is 1. The van der Waals surface area contributed by atoms with E-state index in [-0.39, 0.29) is 18.0 Å². The van der Waals surface area contributed by atoms with Gasteiger partial charge in [-0.05, 0) is 17.7 Å². The molecule has 0 aromatic heterocycles. The minimum absolute atomic E-state index is 0.0309. The van der Waals surface area contributed by atoms with Crippen molar-refractivity contribution in [3.63, 3.8) is 0 Å². The summed E-state index contributed by atoms with van der Waals surface area (Å²) in [6.45, 7) is 0. The molecule has 7 heteroatoms. The fourth-order valence-electron chi connectivity index (χ4n) is 1.24. The minimum atomic E-state index is -4.92. The molecule has 0 saturated carbocycles. The lowest BCUT2D eigenvalue weighted by Crippen LogP contribution is -2.29. The summed E-state index contributed by atoms with van der Waals surface area (Å²) in [5, 5.41) is 1.73. The maximum atomic E-state index is 12.0. The van der Waals surface area contributed by atoms with Crippen LogP contribution in [0.5, 0.6) is 0 Å². The summed E-state index contributed by atoms with van der Waals surface area (Å²) in [5.74, 6) is -2.14. The predicted molar refractivity (Wildman–Crippen MR) is 63.5 cm³/mol. The molecule has 19 heavy (non-hydrogen) atoms. The third kappa shape index (κ3) is 4.61. The average molecular weight is 274 g/mol. The van der Waals surface area contributed by atoms with Gasteiger partial charge in [0.1, 0.15) is 0 Å². The van der Waals surface area contributed by atoms with Gasteiger partial charge in [0.15, 0.2) is 0 Å². The molecule has 0 heterocycles. The van der Waals surface area contributed by atoms with E-state index < -0.39 is 12.1 Å². The molecule has 0 aliphatic rings. The van der Waals surface area contributed by atoms with Crippen LogP contribution in [0.4, 0.5) is 18.9 Å². The summed E-state index contributed by atoms with van der Waals surface area (Å²) in [4.78, 5) is 23.5. The molecular weight excluding hydrogens is 261 g/mol. The zero-order chi connectivity index (χ0) is 14.6. The van der Waals surface area contributed by atoms with E-state index in [4.69, 9.17) is 0 Å². The lowest BCUT2D eigenvalue weighted by atomic mass is 10.1. The summed E-state index contributed by atoms with van der Waals surface area (Å²) in [6, 6.07) is 5.63. The van der Waals surface area contributed by atoms with Crippen LogP contribution < -0.4 is 5.32 Å². The molecule has 0 spiro atoms. The SMILES string of the molecule is CN(C)C(=O)Cc1ccc(NC(=O)C(F)(F)F)cc1. The van der Waals surface area contributed by atoms with Gasteiger partial charge in [0.2, 0.25) is 5.91 Å².